The number of aliphatic hydroxyl groups excluding tert-OH is 4. The molecule has 0 fully saturated rings. The number of cyclic esters (lactones) is 1. The first-order chi connectivity index (χ1) is 19.9. The van der Waals surface area contributed by atoms with Crippen molar-refractivity contribution in [2.24, 2.45) is 11.8 Å². The van der Waals surface area contributed by atoms with Crippen LogP contribution in [0.15, 0.2) is 95.7 Å². The largest absolute Gasteiger partial charge is 0.461 e. The number of ketones is 1. The summed E-state index contributed by atoms with van der Waals surface area (Å²) in [5.41, 5.74) is 1.73. The first kappa shape index (κ1) is 36.9. The number of Topliss-reactive ketones (excluding diaryl/α,β-unsaturated/α-hetero) is 1. The summed E-state index contributed by atoms with van der Waals surface area (Å²) in [6.45, 7) is 10.8. The molecule has 4 N–H and O–H groups in total. The van der Waals surface area contributed by atoms with Gasteiger partial charge in [-0.25, -0.2) is 0 Å². The van der Waals surface area contributed by atoms with E-state index in [1.54, 1.807) is 80.7 Å². The minimum Gasteiger partial charge on any atom is -0.461 e. The second kappa shape index (κ2) is 19.9. The molecule has 7 atom stereocenters. The van der Waals surface area contributed by atoms with Crippen molar-refractivity contribution in [2.75, 3.05) is 0 Å². The highest BCUT2D eigenvalue weighted by atomic mass is 16.5. The van der Waals surface area contributed by atoms with E-state index in [2.05, 4.69) is 0 Å². The molecule has 0 bridgehead atoms. The van der Waals surface area contributed by atoms with Crippen LogP contribution in [0.4, 0.5) is 0 Å². The lowest BCUT2D eigenvalue weighted by molar-refractivity contribution is -0.153. The van der Waals surface area contributed by atoms with E-state index in [4.69, 9.17) is 4.74 Å². The van der Waals surface area contributed by atoms with Gasteiger partial charge in [0.25, 0.3) is 0 Å². The molecule has 1 aliphatic heterocycles. The van der Waals surface area contributed by atoms with Crippen LogP contribution in [0.1, 0.15) is 67.2 Å². The molecule has 0 radical (unpaired) electrons. The Labute approximate surface area is 251 Å². The Bertz CT molecular complexity index is 1100. The number of allylic oxidation sites excluding steroid dienone is 9. The molecule has 1 rings (SSSR count). The molecule has 3 unspecified atom stereocenters. The van der Waals surface area contributed by atoms with Crippen molar-refractivity contribution in [2.45, 2.75) is 97.7 Å². The van der Waals surface area contributed by atoms with Crippen LogP contribution in [-0.2, 0) is 14.3 Å². The van der Waals surface area contributed by atoms with Gasteiger partial charge in [0.15, 0.2) is 5.78 Å². The standard InChI is InChI=1S/C35H50O7/c1-7-14-29(36)21-19-27(5)34(40)28(6)32-18-12-10-8-9-11-17-30(37)35(41)26(4)16-13-15-24(2)23-31(38)25(3)20-22-33(39)42-32/h7-17,20,23,27-32,34,36-38,40H,18-19,21-22H2,1-6H3/b9-8+,12-10+,14-7-,15-13+,17-11+,24-23+,25-20+,26-16+/t27-,28-,29?,30?,31?,32-,34-/m1/s1. The highest BCUT2D eigenvalue weighted by Crippen LogP contribution is 2.25. The Morgan fingerprint density at radius 2 is 1.67 bits per heavy atom. The normalized spacial score (nSPS) is 31.8. The molecule has 1 heterocycles. The number of aliphatic hydroxyl groups is 4. The molecular formula is C35H50O7. The van der Waals surface area contributed by atoms with Crippen molar-refractivity contribution in [3.63, 3.8) is 0 Å². The third-order valence-corrected chi connectivity index (χ3v) is 7.30. The van der Waals surface area contributed by atoms with E-state index in [-0.39, 0.29) is 18.3 Å². The number of ether oxygens (including phenoxy) is 1. The molecule has 232 valence electrons. The zero-order valence-corrected chi connectivity index (χ0v) is 25.9. The number of hydrogen-bond acceptors (Lipinski definition) is 7. The summed E-state index contributed by atoms with van der Waals surface area (Å²) < 4.78 is 5.82. The monoisotopic (exact) mass is 582 g/mol. The van der Waals surface area contributed by atoms with Crippen molar-refractivity contribution in [1.82, 2.24) is 0 Å². The van der Waals surface area contributed by atoms with Crippen molar-refractivity contribution < 1.29 is 34.8 Å². The third kappa shape index (κ3) is 14.2. The lowest BCUT2D eigenvalue weighted by Crippen LogP contribution is -2.37. The Hall–Kier alpha value is -3.10. The first-order valence-corrected chi connectivity index (χ1v) is 14.7. The molecule has 0 amide bonds. The van der Waals surface area contributed by atoms with Crippen LogP contribution in [0.2, 0.25) is 0 Å². The zero-order valence-electron chi connectivity index (χ0n) is 25.9. The molecule has 0 aromatic heterocycles. The molecule has 42 heavy (non-hydrogen) atoms. The van der Waals surface area contributed by atoms with E-state index in [9.17, 15) is 30.0 Å². The smallest absolute Gasteiger partial charge is 0.309 e. The average Bonchev–Trinajstić information content (AvgIpc) is 2.95. The van der Waals surface area contributed by atoms with Crippen molar-refractivity contribution in [1.29, 1.82) is 0 Å². The maximum Gasteiger partial charge on any atom is 0.309 e. The Morgan fingerprint density at radius 3 is 2.36 bits per heavy atom. The Morgan fingerprint density at radius 1 is 0.976 bits per heavy atom. The molecule has 0 aliphatic carbocycles. The molecule has 0 spiro atoms. The lowest BCUT2D eigenvalue weighted by Gasteiger charge is -2.31. The zero-order chi connectivity index (χ0) is 31.7. The van der Waals surface area contributed by atoms with Gasteiger partial charge in [-0.1, -0.05) is 86.3 Å². The van der Waals surface area contributed by atoms with Crippen molar-refractivity contribution in [3.8, 4) is 0 Å². The SMILES string of the molecule is C/C=C\C(O)CC[C@@H](C)[C@@H](O)[C@H](C)[C@H]1C/C=C/C=C/C=C/C(O)C(=O)/C(C)=C/C=C/C(C)=C/C(O)/C(C)=C/CC(=O)O1. The summed E-state index contributed by atoms with van der Waals surface area (Å²) in [6, 6.07) is 0. The Balaban J connectivity index is 3.21. The van der Waals surface area contributed by atoms with E-state index in [0.29, 0.717) is 30.4 Å². The highest BCUT2D eigenvalue weighted by Gasteiger charge is 2.30. The van der Waals surface area contributed by atoms with Gasteiger partial charge >= 0.3 is 5.97 Å². The van der Waals surface area contributed by atoms with Gasteiger partial charge in [-0.2, -0.15) is 0 Å². The van der Waals surface area contributed by atoms with Crippen LogP contribution in [-0.4, -0.2) is 62.7 Å². The van der Waals surface area contributed by atoms with E-state index in [1.807, 2.05) is 33.8 Å². The second-order valence-corrected chi connectivity index (χ2v) is 11.0. The molecule has 0 saturated carbocycles. The summed E-state index contributed by atoms with van der Waals surface area (Å²) in [5.74, 6) is -1.39. The van der Waals surface area contributed by atoms with Crippen LogP contribution >= 0.6 is 0 Å². The van der Waals surface area contributed by atoms with Gasteiger partial charge in [0.1, 0.15) is 12.2 Å². The van der Waals surface area contributed by atoms with Gasteiger partial charge < -0.3 is 25.2 Å². The maximum absolute atomic E-state index is 12.8. The fourth-order valence-electron chi connectivity index (χ4n) is 4.39. The fraction of sp³-hybridized carbons (Fsp3) is 0.486. The van der Waals surface area contributed by atoms with Crippen LogP contribution in [0.25, 0.3) is 0 Å². The van der Waals surface area contributed by atoms with Crippen molar-refractivity contribution in [3.05, 3.63) is 95.7 Å². The summed E-state index contributed by atoms with van der Waals surface area (Å²) >= 11 is 0. The first-order valence-electron chi connectivity index (χ1n) is 14.7. The topological polar surface area (TPSA) is 124 Å². The predicted octanol–water partition coefficient (Wildman–Crippen LogP) is 5.40. The minimum atomic E-state index is -1.28. The van der Waals surface area contributed by atoms with Crippen molar-refractivity contribution >= 4 is 11.8 Å². The van der Waals surface area contributed by atoms with Gasteiger partial charge in [0.05, 0.1) is 24.7 Å². The molecule has 7 heteroatoms. The molecule has 7 nitrogen and oxygen atoms in total. The van der Waals surface area contributed by atoms with E-state index in [1.165, 1.54) is 6.08 Å². The van der Waals surface area contributed by atoms with E-state index >= 15 is 0 Å². The van der Waals surface area contributed by atoms with Gasteiger partial charge in [0, 0.05) is 12.3 Å². The summed E-state index contributed by atoms with van der Waals surface area (Å²) in [5, 5.41) is 41.9. The second-order valence-electron chi connectivity index (χ2n) is 11.0. The van der Waals surface area contributed by atoms with E-state index < -0.39 is 42.3 Å². The van der Waals surface area contributed by atoms with Crippen LogP contribution in [0.3, 0.4) is 0 Å². The number of esters is 1. The molecule has 0 aromatic carbocycles. The lowest BCUT2D eigenvalue weighted by atomic mass is 9.85. The molecule has 1 aliphatic rings. The predicted molar refractivity (Wildman–Crippen MR) is 168 cm³/mol. The van der Waals surface area contributed by atoms with Crippen LogP contribution < -0.4 is 0 Å². The molecular weight excluding hydrogens is 532 g/mol. The minimum absolute atomic E-state index is 0.0309. The van der Waals surface area contributed by atoms with Crippen LogP contribution in [0.5, 0.6) is 0 Å². The Kier molecular flexibility index (Phi) is 17.5. The molecule has 0 saturated heterocycles. The molecule has 0 aromatic rings. The van der Waals surface area contributed by atoms with Gasteiger partial charge in [-0.05, 0) is 69.8 Å². The number of carbonyl (C=O) groups excluding carboxylic acids is 2. The number of rotatable bonds is 7. The van der Waals surface area contributed by atoms with Gasteiger partial charge in [0.2, 0.25) is 0 Å². The summed E-state index contributed by atoms with van der Waals surface area (Å²) in [7, 11) is 0. The number of carbonyl (C=O) groups is 2. The van der Waals surface area contributed by atoms with Crippen LogP contribution in [0, 0.1) is 11.8 Å². The third-order valence-electron chi connectivity index (χ3n) is 7.30. The van der Waals surface area contributed by atoms with Gasteiger partial charge in [-0.3, -0.25) is 9.59 Å². The maximum atomic E-state index is 12.8. The highest BCUT2D eigenvalue weighted by molar-refractivity contribution is 5.99. The summed E-state index contributed by atoms with van der Waals surface area (Å²) in [6.07, 6.45) is 19.1. The van der Waals surface area contributed by atoms with E-state index in [0.717, 1.165) is 5.57 Å². The average molecular weight is 583 g/mol. The fourth-order valence-corrected chi connectivity index (χ4v) is 4.39. The summed E-state index contributed by atoms with van der Waals surface area (Å²) in [4.78, 5) is 25.2. The quantitative estimate of drug-likeness (QED) is 0.234. The van der Waals surface area contributed by atoms with Gasteiger partial charge in [-0.15, -0.1) is 0 Å². The number of hydrogen-bond donors (Lipinski definition) is 4.